The maximum Gasteiger partial charge on any atom is 0.410 e. The van der Waals surface area contributed by atoms with Gasteiger partial charge in [0.15, 0.2) is 5.69 Å². The molecule has 0 fully saturated rings. The molecule has 3 aromatic rings. The fraction of sp³-hybridized carbons (Fsp3) is 0.261. The largest absolute Gasteiger partial charge is 0.461 e. The second kappa shape index (κ2) is 8.82. The van der Waals surface area contributed by atoms with Gasteiger partial charge in [-0.25, -0.2) is 14.3 Å². The normalized spacial score (nSPS) is 12.9. The molecule has 154 valence electrons. The molecule has 7 heteroatoms. The van der Waals surface area contributed by atoms with Gasteiger partial charge in [-0.2, -0.15) is 5.10 Å². The van der Waals surface area contributed by atoms with E-state index in [1.165, 1.54) is 0 Å². The summed E-state index contributed by atoms with van der Waals surface area (Å²) in [6, 6.07) is 19.2. The molecule has 1 amide bonds. The number of benzene rings is 2. The van der Waals surface area contributed by atoms with Gasteiger partial charge in [0.2, 0.25) is 0 Å². The van der Waals surface area contributed by atoms with E-state index in [1.807, 2.05) is 60.7 Å². The minimum atomic E-state index is -0.483. The Labute approximate surface area is 174 Å². The monoisotopic (exact) mass is 405 g/mol. The van der Waals surface area contributed by atoms with Gasteiger partial charge < -0.3 is 14.4 Å². The van der Waals surface area contributed by atoms with Crippen LogP contribution in [0.2, 0.25) is 0 Å². The second-order valence-corrected chi connectivity index (χ2v) is 6.95. The smallest absolute Gasteiger partial charge is 0.410 e. The van der Waals surface area contributed by atoms with E-state index in [9.17, 15) is 9.59 Å². The highest BCUT2D eigenvalue weighted by molar-refractivity contribution is 5.89. The first-order chi connectivity index (χ1) is 14.7. The number of hydrogen-bond donors (Lipinski definition) is 0. The lowest BCUT2D eigenvalue weighted by atomic mass is 10.1. The highest BCUT2D eigenvalue weighted by Gasteiger charge is 2.31. The fourth-order valence-electron chi connectivity index (χ4n) is 3.53. The number of ether oxygens (including phenoxy) is 2. The number of rotatable bonds is 5. The summed E-state index contributed by atoms with van der Waals surface area (Å²) in [5.41, 5.74) is 3.66. The number of fused-ring (bicyclic) bond motifs is 1. The van der Waals surface area contributed by atoms with E-state index in [0.29, 0.717) is 18.5 Å². The van der Waals surface area contributed by atoms with Gasteiger partial charge in [-0.3, -0.25) is 0 Å². The predicted molar refractivity (Wildman–Crippen MR) is 110 cm³/mol. The standard InChI is InChI=1S/C23H23N3O4/c1-2-29-22(27)21-19-15-25(23(28)30-16-17-9-5-3-6-10-17)14-13-20(19)26(24-21)18-11-7-4-8-12-18/h3-12H,2,13-16H2,1H3. The zero-order valence-electron chi connectivity index (χ0n) is 16.8. The average Bonchev–Trinajstić information content (AvgIpc) is 3.18. The van der Waals surface area contributed by atoms with Gasteiger partial charge in [0.1, 0.15) is 6.61 Å². The number of carbonyl (C=O) groups is 2. The SMILES string of the molecule is CCOC(=O)c1nn(-c2ccccc2)c2c1CN(C(=O)OCc1ccccc1)CC2. The lowest BCUT2D eigenvalue weighted by Crippen LogP contribution is -2.37. The van der Waals surface area contributed by atoms with Crippen LogP contribution in [0.1, 0.15) is 34.2 Å². The number of aromatic nitrogens is 2. The van der Waals surface area contributed by atoms with Crippen LogP contribution in [0.25, 0.3) is 5.69 Å². The Balaban J connectivity index is 1.57. The fourth-order valence-corrected chi connectivity index (χ4v) is 3.53. The molecule has 1 aromatic heterocycles. The highest BCUT2D eigenvalue weighted by atomic mass is 16.6. The Morgan fingerprint density at radius 3 is 2.40 bits per heavy atom. The molecule has 4 rings (SSSR count). The second-order valence-electron chi connectivity index (χ2n) is 6.95. The van der Waals surface area contributed by atoms with Crippen LogP contribution in [0, 0.1) is 0 Å². The van der Waals surface area contributed by atoms with Crippen LogP contribution in [0.4, 0.5) is 4.79 Å². The zero-order chi connectivity index (χ0) is 20.9. The van der Waals surface area contributed by atoms with Crippen LogP contribution in [0.5, 0.6) is 0 Å². The summed E-state index contributed by atoms with van der Waals surface area (Å²) in [5, 5.41) is 4.53. The minimum absolute atomic E-state index is 0.205. The number of amides is 1. The van der Waals surface area contributed by atoms with Crippen molar-refractivity contribution in [2.24, 2.45) is 0 Å². The summed E-state index contributed by atoms with van der Waals surface area (Å²) in [6.45, 7) is 2.96. The lowest BCUT2D eigenvalue weighted by molar-refractivity contribution is 0.0514. The molecule has 0 saturated carbocycles. The number of para-hydroxylation sites is 1. The van der Waals surface area contributed by atoms with E-state index in [1.54, 1.807) is 16.5 Å². The van der Waals surface area contributed by atoms with Crippen molar-refractivity contribution in [3.63, 3.8) is 0 Å². The maximum atomic E-state index is 12.6. The van der Waals surface area contributed by atoms with Crippen molar-refractivity contribution < 1.29 is 19.1 Å². The molecule has 2 aromatic carbocycles. The summed E-state index contributed by atoms with van der Waals surface area (Å²) in [5.74, 6) is -0.483. The molecule has 0 N–H and O–H groups in total. The van der Waals surface area contributed by atoms with E-state index in [-0.39, 0.29) is 25.5 Å². The van der Waals surface area contributed by atoms with Crippen molar-refractivity contribution in [2.45, 2.75) is 26.5 Å². The Morgan fingerprint density at radius 2 is 1.70 bits per heavy atom. The van der Waals surface area contributed by atoms with Gasteiger partial charge in [-0.1, -0.05) is 48.5 Å². The van der Waals surface area contributed by atoms with Crippen LogP contribution in [-0.2, 0) is 29.0 Å². The molecule has 2 heterocycles. The third-order valence-corrected chi connectivity index (χ3v) is 4.99. The molecule has 7 nitrogen and oxygen atoms in total. The van der Waals surface area contributed by atoms with Gasteiger partial charge in [0, 0.05) is 18.5 Å². The Kier molecular flexibility index (Phi) is 5.79. The van der Waals surface area contributed by atoms with Gasteiger partial charge in [-0.05, 0) is 24.6 Å². The number of carbonyl (C=O) groups excluding carboxylic acids is 2. The van der Waals surface area contributed by atoms with Crippen LogP contribution in [0.3, 0.4) is 0 Å². The van der Waals surface area contributed by atoms with E-state index >= 15 is 0 Å². The van der Waals surface area contributed by atoms with Crippen molar-refractivity contribution >= 4 is 12.1 Å². The molecule has 0 atom stereocenters. The highest BCUT2D eigenvalue weighted by Crippen LogP contribution is 2.26. The van der Waals surface area contributed by atoms with Crippen LogP contribution in [0.15, 0.2) is 60.7 Å². The molecule has 0 saturated heterocycles. The Hall–Kier alpha value is -3.61. The first-order valence-corrected chi connectivity index (χ1v) is 9.96. The van der Waals surface area contributed by atoms with Gasteiger partial charge in [0.05, 0.1) is 24.5 Å². The number of esters is 1. The summed E-state index contributed by atoms with van der Waals surface area (Å²) in [4.78, 5) is 26.7. The van der Waals surface area contributed by atoms with Crippen LogP contribution in [-0.4, -0.2) is 39.9 Å². The van der Waals surface area contributed by atoms with E-state index in [4.69, 9.17) is 9.47 Å². The molecule has 1 aliphatic rings. The van der Waals surface area contributed by atoms with Gasteiger partial charge in [-0.15, -0.1) is 0 Å². The van der Waals surface area contributed by atoms with Crippen LogP contribution >= 0.6 is 0 Å². The Bertz CT molecular complexity index is 1030. The van der Waals surface area contributed by atoms with Crippen molar-refractivity contribution in [1.82, 2.24) is 14.7 Å². The summed E-state index contributed by atoms with van der Waals surface area (Å²) in [6.07, 6.45) is 0.156. The summed E-state index contributed by atoms with van der Waals surface area (Å²) < 4.78 is 12.4. The molecule has 0 spiro atoms. The van der Waals surface area contributed by atoms with E-state index in [2.05, 4.69) is 5.10 Å². The summed E-state index contributed by atoms with van der Waals surface area (Å²) in [7, 11) is 0. The zero-order valence-corrected chi connectivity index (χ0v) is 16.8. The molecule has 0 aliphatic carbocycles. The molecule has 30 heavy (non-hydrogen) atoms. The molecule has 0 radical (unpaired) electrons. The lowest BCUT2D eigenvalue weighted by Gasteiger charge is -2.27. The number of hydrogen-bond acceptors (Lipinski definition) is 5. The quantitative estimate of drug-likeness (QED) is 0.605. The number of nitrogens with zero attached hydrogens (tertiary/aromatic N) is 3. The predicted octanol–water partition coefficient (Wildman–Crippen LogP) is 3.74. The van der Waals surface area contributed by atoms with Gasteiger partial charge in [0.25, 0.3) is 0 Å². The molecular formula is C23H23N3O4. The third kappa shape index (κ3) is 4.05. The maximum absolute atomic E-state index is 12.6. The van der Waals surface area contributed by atoms with E-state index in [0.717, 1.165) is 16.9 Å². The van der Waals surface area contributed by atoms with Crippen molar-refractivity contribution in [3.8, 4) is 5.69 Å². The molecular weight excluding hydrogens is 382 g/mol. The van der Waals surface area contributed by atoms with E-state index < -0.39 is 12.1 Å². The first kappa shape index (κ1) is 19.7. The third-order valence-electron chi connectivity index (χ3n) is 4.99. The molecule has 0 bridgehead atoms. The van der Waals surface area contributed by atoms with Crippen molar-refractivity contribution in [1.29, 1.82) is 0 Å². The Morgan fingerprint density at radius 1 is 1.00 bits per heavy atom. The van der Waals surface area contributed by atoms with Gasteiger partial charge >= 0.3 is 12.1 Å². The van der Waals surface area contributed by atoms with Crippen LogP contribution < -0.4 is 0 Å². The first-order valence-electron chi connectivity index (χ1n) is 9.96. The average molecular weight is 405 g/mol. The van der Waals surface area contributed by atoms with Crippen molar-refractivity contribution in [2.75, 3.05) is 13.2 Å². The summed E-state index contributed by atoms with van der Waals surface area (Å²) >= 11 is 0. The minimum Gasteiger partial charge on any atom is -0.461 e. The molecule has 1 aliphatic heterocycles. The topological polar surface area (TPSA) is 73.7 Å². The van der Waals surface area contributed by atoms with Crippen molar-refractivity contribution in [3.05, 3.63) is 83.2 Å². The molecule has 0 unspecified atom stereocenters.